The molecule has 2 aliphatic heterocycles. The first-order valence-electron chi connectivity index (χ1n) is 8.80. The number of amides is 1. The van der Waals surface area contributed by atoms with Crippen LogP contribution in [0.15, 0.2) is 0 Å². The molecule has 2 rings (SSSR count). The lowest BCUT2D eigenvalue weighted by Gasteiger charge is -2.37. The molecular weight excluding hydrogens is 278 g/mol. The molecule has 0 radical (unpaired) electrons. The first-order chi connectivity index (χ1) is 10.3. The summed E-state index contributed by atoms with van der Waals surface area (Å²) in [5, 5.41) is 7.18. The SMILES string of the molecule is CC(NCC1CCCN1)C1CCCN(C(=O)OC(C)(C)C)C1. The van der Waals surface area contributed by atoms with E-state index in [2.05, 4.69) is 17.6 Å². The maximum absolute atomic E-state index is 12.2. The van der Waals surface area contributed by atoms with Crippen LogP contribution in [-0.4, -0.2) is 54.9 Å². The zero-order valence-electron chi connectivity index (χ0n) is 14.7. The largest absolute Gasteiger partial charge is 0.444 e. The second kappa shape index (κ2) is 7.64. The molecule has 0 bridgehead atoms. The van der Waals surface area contributed by atoms with Gasteiger partial charge in [-0.15, -0.1) is 0 Å². The minimum absolute atomic E-state index is 0.165. The quantitative estimate of drug-likeness (QED) is 0.837. The highest BCUT2D eigenvalue weighted by molar-refractivity contribution is 5.68. The summed E-state index contributed by atoms with van der Waals surface area (Å²) in [7, 11) is 0. The summed E-state index contributed by atoms with van der Waals surface area (Å²) >= 11 is 0. The van der Waals surface area contributed by atoms with Gasteiger partial charge in [-0.1, -0.05) is 0 Å². The number of hydrogen-bond donors (Lipinski definition) is 2. The van der Waals surface area contributed by atoms with Crippen molar-refractivity contribution in [2.24, 2.45) is 5.92 Å². The van der Waals surface area contributed by atoms with E-state index in [1.165, 1.54) is 19.3 Å². The molecule has 0 aromatic rings. The van der Waals surface area contributed by atoms with Crippen LogP contribution in [0.25, 0.3) is 0 Å². The molecule has 128 valence electrons. The lowest BCUT2D eigenvalue weighted by molar-refractivity contribution is 0.0148. The number of ether oxygens (including phenoxy) is 1. The highest BCUT2D eigenvalue weighted by Gasteiger charge is 2.30. The lowest BCUT2D eigenvalue weighted by Crippen LogP contribution is -2.49. The van der Waals surface area contributed by atoms with Crippen LogP contribution in [0, 0.1) is 5.92 Å². The van der Waals surface area contributed by atoms with E-state index in [4.69, 9.17) is 4.74 Å². The van der Waals surface area contributed by atoms with Gasteiger partial charge in [0.05, 0.1) is 0 Å². The smallest absolute Gasteiger partial charge is 0.410 e. The third-order valence-corrected chi connectivity index (χ3v) is 4.67. The molecule has 0 aromatic heterocycles. The number of carbonyl (C=O) groups excluding carboxylic acids is 1. The fourth-order valence-electron chi connectivity index (χ4n) is 3.34. The first-order valence-corrected chi connectivity index (χ1v) is 8.80. The van der Waals surface area contributed by atoms with Crippen LogP contribution < -0.4 is 10.6 Å². The van der Waals surface area contributed by atoms with E-state index in [0.29, 0.717) is 18.0 Å². The Kier molecular flexibility index (Phi) is 6.09. The Labute approximate surface area is 135 Å². The Balaban J connectivity index is 1.77. The Hall–Kier alpha value is -0.810. The number of nitrogens with zero attached hydrogens (tertiary/aromatic N) is 1. The Morgan fingerprint density at radius 2 is 2.14 bits per heavy atom. The molecular formula is C17H33N3O2. The van der Waals surface area contributed by atoms with E-state index in [9.17, 15) is 4.79 Å². The lowest BCUT2D eigenvalue weighted by atomic mass is 9.91. The summed E-state index contributed by atoms with van der Waals surface area (Å²) in [4.78, 5) is 14.1. The Morgan fingerprint density at radius 1 is 1.36 bits per heavy atom. The molecule has 0 saturated carbocycles. The van der Waals surface area contributed by atoms with Crippen molar-refractivity contribution in [2.45, 2.75) is 71.1 Å². The van der Waals surface area contributed by atoms with Gasteiger partial charge >= 0.3 is 6.09 Å². The fraction of sp³-hybridized carbons (Fsp3) is 0.941. The number of carbonyl (C=O) groups is 1. The molecule has 5 nitrogen and oxygen atoms in total. The van der Waals surface area contributed by atoms with Gasteiger partial charge in [0.15, 0.2) is 0 Å². The summed E-state index contributed by atoms with van der Waals surface area (Å²) < 4.78 is 5.50. The predicted molar refractivity (Wildman–Crippen MR) is 89.0 cm³/mol. The van der Waals surface area contributed by atoms with Crippen LogP contribution in [0.1, 0.15) is 53.4 Å². The normalized spacial score (nSPS) is 27.7. The van der Waals surface area contributed by atoms with Crippen LogP contribution >= 0.6 is 0 Å². The summed E-state index contributed by atoms with van der Waals surface area (Å²) in [5.41, 5.74) is -0.415. The standard InChI is InChI=1S/C17H33N3O2/c1-13(19-11-15-8-5-9-18-15)14-7-6-10-20(12-14)16(21)22-17(2,3)4/h13-15,18-19H,5-12H2,1-4H3. The van der Waals surface area contributed by atoms with Gasteiger partial charge in [0.1, 0.15) is 5.60 Å². The van der Waals surface area contributed by atoms with Gasteiger partial charge in [-0.2, -0.15) is 0 Å². The molecule has 2 fully saturated rings. The molecule has 2 saturated heterocycles. The van der Waals surface area contributed by atoms with Crippen molar-refractivity contribution in [3.05, 3.63) is 0 Å². The van der Waals surface area contributed by atoms with Gasteiger partial charge in [-0.25, -0.2) is 4.79 Å². The first kappa shape index (κ1) is 17.5. The van der Waals surface area contributed by atoms with Crippen molar-refractivity contribution in [1.82, 2.24) is 15.5 Å². The molecule has 2 heterocycles. The second-order valence-electron chi connectivity index (χ2n) is 7.82. The van der Waals surface area contributed by atoms with Crippen molar-refractivity contribution >= 4 is 6.09 Å². The third kappa shape index (κ3) is 5.43. The van der Waals surface area contributed by atoms with Crippen LogP contribution in [0.4, 0.5) is 4.79 Å². The zero-order chi connectivity index (χ0) is 16.2. The van der Waals surface area contributed by atoms with Crippen molar-refractivity contribution in [1.29, 1.82) is 0 Å². The summed E-state index contributed by atoms with van der Waals surface area (Å²) in [6.45, 7) is 11.8. The van der Waals surface area contributed by atoms with Gasteiger partial charge in [0, 0.05) is 31.7 Å². The van der Waals surface area contributed by atoms with Crippen molar-refractivity contribution in [3.8, 4) is 0 Å². The highest BCUT2D eigenvalue weighted by Crippen LogP contribution is 2.22. The molecule has 0 aromatic carbocycles. The molecule has 3 atom stereocenters. The fourth-order valence-corrected chi connectivity index (χ4v) is 3.34. The van der Waals surface area contributed by atoms with Crippen molar-refractivity contribution in [3.63, 3.8) is 0 Å². The monoisotopic (exact) mass is 311 g/mol. The van der Waals surface area contributed by atoms with Crippen molar-refractivity contribution < 1.29 is 9.53 Å². The Morgan fingerprint density at radius 3 is 2.77 bits per heavy atom. The van der Waals surface area contributed by atoms with Gasteiger partial charge in [0.25, 0.3) is 0 Å². The van der Waals surface area contributed by atoms with E-state index in [1.807, 2.05) is 25.7 Å². The molecule has 22 heavy (non-hydrogen) atoms. The summed E-state index contributed by atoms with van der Waals surface area (Å²) in [6, 6.07) is 1.06. The third-order valence-electron chi connectivity index (χ3n) is 4.67. The number of rotatable bonds is 4. The van der Waals surface area contributed by atoms with Crippen LogP contribution in [0.5, 0.6) is 0 Å². The number of hydrogen-bond acceptors (Lipinski definition) is 4. The molecule has 0 spiro atoms. The topological polar surface area (TPSA) is 53.6 Å². The van der Waals surface area contributed by atoms with Gasteiger partial charge in [0.2, 0.25) is 0 Å². The second-order valence-corrected chi connectivity index (χ2v) is 7.82. The molecule has 3 unspecified atom stereocenters. The minimum atomic E-state index is -0.415. The van der Waals surface area contributed by atoms with E-state index in [-0.39, 0.29) is 6.09 Å². The summed E-state index contributed by atoms with van der Waals surface area (Å²) in [5.74, 6) is 0.516. The van der Waals surface area contributed by atoms with Crippen LogP contribution in [0.2, 0.25) is 0 Å². The Bertz CT molecular complexity index is 361. The van der Waals surface area contributed by atoms with Crippen LogP contribution in [-0.2, 0) is 4.74 Å². The van der Waals surface area contributed by atoms with Gasteiger partial charge in [-0.3, -0.25) is 0 Å². The number of piperidine rings is 1. The molecule has 2 N–H and O–H groups in total. The maximum atomic E-state index is 12.2. The molecule has 5 heteroatoms. The van der Waals surface area contributed by atoms with E-state index >= 15 is 0 Å². The maximum Gasteiger partial charge on any atom is 0.410 e. The van der Waals surface area contributed by atoms with Gasteiger partial charge in [-0.05, 0) is 65.8 Å². The molecule has 0 aliphatic carbocycles. The van der Waals surface area contributed by atoms with E-state index in [0.717, 1.165) is 32.6 Å². The highest BCUT2D eigenvalue weighted by atomic mass is 16.6. The van der Waals surface area contributed by atoms with E-state index in [1.54, 1.807) is 0 Å². The number of likely N-dealkylation sites (tertiary alicyclic amines) is 1. The predicted octanol–water partition coefficient (Wildman–Crippen LogP) is 2.36. The summed E-state index contributed by atoms with van der Waals surface area (Å²) in [6.07, 6.45) is 4.65. The zero-order valence-corrected chi connectivity index (χ0v) is 14.7. The molecule has 1 amide bonds. The minimum Gasteiger partial charge on any atom is -0.444 e. The van der Waals surface area contributed by atoms with E-state index < -0.39 is 5.60 Å². The average molecular weight is 311 g/mol. The molecule has 2 aliphatic rings. The van der Waals surface area contributed by atoms with Crippen LogP contribution in [0.3, 0.4) is 0 Å². The average Bonchev–Trinajstić information content (AvgIpc) is 2.96. The van der Waals surface area contributed by atoms with Gasteiger partial charge < -0.3 is 20.3 Å². The number of nitrogens with one attached hydrogen (secondary N) is 2. The van der Waals surface area contributed by atoms with Crippen molar-refractivity contribution in [2.75, 3.05) is 26.2 Å².